The van der Waals surface area contributed by atoms with Crippen LogP contribution in [0.25, 0.3) is 53.2 Å². The van der Waals surface area contributed by atoms with Crippen molar-refractivity contribution >= 4 is 59.3 Å². The molecular formula is C50H45NS. The van der Waals surface area contributed by atoms with Crippen LogP contribution in [0.3, 0.4) is 0 Å². The normalized spacial score (nSPS) is 14.0. The fourth-order valence-electron chi connectivity index (χ4n) is 8.59. The molecule has 8 aromatic rings. The molecule has 0 unspecified atom stereocenters. The van der Waals surface area contributed by atoms with Gasteiger partial charge >= 0.3 is 0 Å². The maximum Gasteiger partial charge on any atom is 0.0640 e. The second-order valence-corrected chi connectivity index (χ2v) is 16.6. The number of para-hydroxylation sites is 1. The largest absolute Gasteiger partial charge is 0.308 e. The van der Waals surface area contributed by atoms with Crippen molar-refractivity contribution in [3.8, 4) is 22.3 Å². The van der Waals surface area contributed by atoms with Crippen molar-refractivity contribution in [1.29, 1.82) is 0 Å². The summed E-state index contributed by atoms with van der Waals surface area (Å²) in [6.45, 7) is 6.94. The van der Waals surface area contributed by atoms with Crippen LogP contribution in [0, 0.1) is 0 Å². The first-order chi connectivity index (χ1) is 25.5. The molecule has 52 heavy (non-hydrogen) atoms. The molecule has 0 saturated heterocycles. The maximum absolute atomic E-state index is 2.57. The monoisotopic (exact) mass is 691 g/mol. The van der Waals surface area contributed by atoms with Gasteiger partial charge in [-0.15, -0.1) is 11.3 Å². The molecule has 1 heterocycles. The summed E-state index contributed by atoms with van der Waals surface area (Å²) in [5.74, 6) is 0.601. The Balaban J connectivity index is 1.36. The lowest BCUT2D eigenvalue weighted by atomic mass is 9.80. The van der Waals surface area contributed by atoms with Gasteiger partial charge in [-0.05, 0) is 87.5 Å². The van der Waals surface area contributed by atoms with E-state index in [-0.39, 0.29) is 5.41 Å². The zero-order valence-corrected chi connectivity index (χ0v) is 31.2. The van der Waals surface area contributed by atoms with Gasteiger partial charge in [0.15, 0.2) is 0 Å². The Morgan fingerprint density at radius 2 is 1.19 bits per heavy atom. The molecule has 0 spiro atoms. The van der Waals surface area contributed by atoms with E-state index < -0.39 is 0 Å². The second kappa shape index (κ2) is 13.4. The van der Waals surface area contributed by atoms with Gasteiger partial charge in [-0.25, -0.2) is 0 Å². The van der Waals surface area contributed by atoms with Gasteiger partial charge in [0.1, 0.15) is 0 Å². The molecule has 1 aromatic heterocycles. The third-order valence-corrected chi connectivity index (χ3v) is 12.4. The van der Waals surface area contributed by atoms with Gasteiger partial charge in [-0.2, -0.15) is 0 Å². The van der Waals surface area contributed by atoms with E-state index in [2.05, 4.69) is 177 Å². The predicted molar refractivity (Wildman–Crippen MR) is 227 cm³/mol. The van der Waals surface area contributed by atoms with Crippen LogP contribution >= 0.6 is 11.3 Å². The molecule has 0 aliphatic heterocycles. The summed E-state index contributed by atoms with van der Waals surface area (Å²) >= 11 is 1.90. The van der Waals surface area contributed by atoms with Crippen molar-refractivity contribution in [2.24, 2.45) is 0 Å². The van der Waals surface area contributed by atoms with E-state index in [1.807, 2.05) is 11.3 Å². The predicted octanol–water partition coefficient (Wildman–Crippen LogP) is 15.4. The fraction of sp³-hybridized carbons (Fsp3) is 0.200. The maximum atomic E-state index is 2.57. The van der Waals surface area contributed by atoms with Crippen molar-refractivity contribution in [1.82, 2.24) is 0 Å². The third kappa shape index (κ3) is 5.80. The minimum absolute atomic E-state index is 0.00869. The number of anilines is 3. The van der Waals surface area contributed by atoms with Crippen molar-refractivity contribution < 1.29 is 0 Å². The molecule has 1 nitrogen and oxygen atoms in total. The first-order valence-corrected chi connectivity index (χ1v) is 19.8. The van der Waals surface area contributed by atoms with E-state index in [1.165, 1.54) is 113 Å². The van der Waals surface area contributed by atoms with E-state index in [0.29, 0.717) is 5.92 Å². The van der Waals surface area contributed by atoms with Gasteiger partial charge in [0.05, 0.1) is 21.8 Å². The van der Waals surface area contributed by atoms with E-state index in [4.69, 9.17) is 0 Å². The fourth-order valence-corrected chi connectivity index (χ4v) is 9.80. The van der Waals surface area contributed by atoms with E-state index >= 15 is 0 Å². The molecule has 0 radical (unpaired) electrons. The Labute approximate surface area is 312 Å². The molecule has 0 bridgehead atoms. The second-order valence-electron chi connectivity index (χ2n) is 15.5. The Bertz CT molecular complexity index is 2540. The molecule has 1 aliphatic carbocycles. The first-order valence-electron chi connectivity index (χ1n) is 19.0. The van der Waals surface area contributed by atoms with Crippen LogP contribution in [0.1, 0.15) is 69.9 Å². The Morgan fingerprint density at radius 1 is 0.538 bits per heavy atom. The van der Waals surface area contributed by atoms with Gasteiger partial charge in [0.2, 0.25) is 0 Å². The van der Waals surface area contributed by atoms with E-state index in [0.717, 1.165) is 0 Å². The molecule has 256 valence electrons. The van der Waals surface area contributed by atoms with Gasteiger partial charge in [0.25, 0.3) is 0 Å². The summed E-state index contributed by atoms with van der Waals surface area (Å²) < 4.78 is 2.62. The highest BCUT2D eigenvalue weighted by Crippen LogP contribution is 2.51. The Morgan fingerprint density at radius 3 is 2.02 bits per heavy atom. The highest BCUT2D eigenvalue weighted by molar-refractivity contribution is 7.26. The summed E-state index contributed by atoms with van der Waals surface area (Å²) in [6.07, 6.45) is 6.54. The molecule has 0 N–H and O–H groups in total. The number of benzene rings is 7. The number of nitrogens with zero attached hydrogens (tertiary/aromatic N) is 1. The van der Waals surface area contributed by atoms with Gasteiger partial charge in [0, 0.05) is 26.6 Å². The molecule has 2 heteroatoms. The van der Waals surface area contributed by atoms with Crippen LogP contribution in [0.2, 0.25) is 0 Å². The van der Waals surface area contributed by atoms with Crippen molar-refractivity contribution in [3.05, 3.63) is 163 Å². The number of thiophene rings is 1. The standard InChI is InChI=1S/C50H45NS/c1-50(2,3)37-31-32-45(43(33-37)35-19-8-5-9-20-35)51(46-29-16-27-42-40-24-11-13-30-47(40)52-49(42)46)44-28-12-10-23-39(44)41-26-15-22-36-21-14-25-38(48(36)41)34-17-6-4-7-18-34/h5,8-16,19-34H,4,6-7,17-18H2,1-3H3. The molecule has 7 aromatic carbocycles. The molecule has 9 rings (SSSR count). The van der Waals surface area contributed by atoms with Crippen LogP contribution < -0.4 is 4.90 Å². The van der Waals surface area contributed by atoms with E-state index in [9.17, 15) is 0 Å². The average molecular weight is 692 g/mol. The highest BCUT2D eigenvalue weighted by Gasteiger charge is 2.27. The molecule has 1 fully saturated rings. The average Bonchev–Trinajstić information content (AvgIpc) is 3.58. The zero-order valence-electron chi connectivity index (χ0n) is 30.4. The van der Waals surface area contributed by atoms with Crippen LogP contribution in [-0.2, 0) is 5.41 Å². The lowest BCUT2D eigenvalue weighted by Gasteiger charge is -2.32. The Hall–Kier alpha value is -5.18. The van der Waals surface area contributed by atoms with Crippen molar-refractivity contribution in [2.45, 2.75) is 64.2 Å². The zero-order chi connectivity index (χ0) is 35.2. The van der Waals surface area contributed by atoms with E-state index in [1.54, 1.807) is 0 Å². The van der Waals surface area contributed by atoms with Crippen LogP contribution in [0.15, 0.2) is 152 Å². The molecule has 1 saturated carbocycles. The minimum Gasteiger partial charge on any atom is -0.308 e. The molecular weight excluding hydrogens is 647 g/mol. The number of hydrogen-bond acceptors (Lipinski definition) is 2. The number of hydrogen-bond donors (Lipinski definition) is 0. The lowest BCUT2D eigenvalue weighted by molar-refractivity contribution is 0.445. The van der Waals surface area contributed by atoms with Gasteiger partial charge < -0.3 is 4.90 Å². The topological polar surface area (TPSA) is 3.24 Å². The number of rotatable bonds is 6. The van der Waals surface area contributed by atoms with Crippen molar-refractivity contribution in [3.63, 3.8) is 0 Å². The molecule has 0 atom stereocenters. The molecule has 1 aliphatic rings. The smallest absolute Gasteiger partial charge is 0.0640 e. The van der Waals surface area contributed by atoms with Crippen molar-refractivity contribution in [2.75, 3.05) is 4.90 Å². The van der Waals surface area contributed by atoms with Crippen LogP contribution in [0.4, 0.5) is 17.1 Å². The summed E-state index contributed by atoms with van der Waals surface area (Å²) in [5.41, 5.74) is 11.5. The quantitative estimate of drug-likeness (QED) is 0.168. The summed E-state index contributed by atoms with van der Waals surface area (Å²) in [5, 5.41) is 5.36. The summed E-state index contributed by atoms with van der Waals surface area (Å²) in [7, 11) is 0. The van der Waals surface area contributed by atoms with Gasteiger partial charge in [-0.1, -0.05) is 161 Å². The van der Waals surface area contributed by atoms with Gasteiger partial charge in [-0.3, -0.25) is 0 Å². The number of fused-ring (bicyclic) bond motifs is 4. The SMILES string of the molecule is CC(C)(C)c1ccc(N(c2ccccc2-c2cccc3cccc(C4CCCCC4)c23)c2cccc3c2sc2ccccc23)c(-c2ccccc2)c1. The minimum atomic E-state index is 0.00869. The molecule has 0 amide bonds. The first kappa shape index (κ1) is 32.7. The third-order valence-electron chi connectivity index (χ3n) is 11.2. The highest BCUT2D eigenvalue weighted by atomic mass is 32.1. The summed E-state index contributed by atoms with van der Waals surface area (Å²) in [6, 6.07) is 56.9. The lowest BCUT2D eigenvalue weighted by Crippen LogP contribution is -2.15. The van der Waals surface area contributed by atoms with Crippen LogP contribution in [0.5, 0.6) is 0 Å². The Kier molecular flexibility index (Phi) is 8.44. The van der Waals surface area contributed by atoms with Crippen LogP contribution in [-0.4, -0.2) is 0 Å². The summed E-state index contributed by atoms with van der Waals surface area (Å²) in [4.78, 5) is 2.57.